The summed E-state index contributed by atoms with van der Waals surface area (Å²) in [6.07, 6.45) is 0. The Morgan fingerprint density at radius 3 is 1.57 bits per heavy atom. The van der Waals surface area contributed by atoms with E-state index in [9.17, 15) is 0 Å². The summed E-state index contributed by atoms with van der Waals surface area (Å²) in [5, 5.41) is 4.91. The maximum absolute atomic E-state index is 2.48. The highest BCUT2D eigenvalue weighted by Crippen LogP contribution is 2.51. The molecule has 0 aromatic heterocycles. The smallest absolute Gasteiger partial charge is 0.0546 e. The van der Waals surface area contributed by atoms with Crippen LogP contribution in [0, 0.1) is 0 Å². The molecule has 284 valence electrons. The number of hydrogen-bond donors (Lipinski definition) is 0. The van der Waals surface area contributed by atoms with Gasteiger partial charge in [0.15, 0.2) is 0 Å². The standard InChI is InChI=1S/C59H43N/c1-59(2)55-30-16-14-27-51(55)52-37-34-42(38-56(52)59)40-32-35-44(36-33-40)60(58-39-43-20-6-7-22-46(43)48-24-12-13-29-54(48)58)57-31-17-15-28-53(57)50-26-11-10-25-49(50)47-23-9-8-21-45(47)41-18-4-3-5-19-41/h3-39H,1-2H3. The lowest BCUT2D eigenvalue weighted by Crippen LogP contribution is -2.14. The highest BCUT2D eigenvalue weighted by Gasteiger charge is 2.35. The van der Waals surface area contributed by atoms with Crippen LogP contribution in [0.1, 0.15) is 25.0 Å². The second kappa shape index (κ2) is 14.4. The molecular weight excluding hydrogens is 723 g/mol. The Hall–Kier alpha value is -7.48. The average Bonchev–Trinajstić information content (AvgIpc) is 3.55. The number of rotatable bonds is 7. The van der Waals surface area contributed by atoms with E-state index in [1.807, 2.05) is 0 Å². The number of hydrogen-bond acceptors (Lipinski definition) is 1. The lowest BCUT2D eigenvalue weighted by Gasteiger charge is -2.30. The van der Waals surface area contributed by atoms with E-state index in [1.54, 1.807) is 0 Å². The molecule has 0 aliphatic heterocycles. The molecule has 0 radical (unpaired) electrons. The third kappa shape index (κ3) is 5.85. The molecule has 10 aromatic carbocycles. The van der Waals surface area contributed by atoms with E-state index in [0.717, 1.165) is 22.6 Å². The van der Waals surface area contributed by atoms with Crippen molar-refractivity contribution >= 4 is 38.6 Å². The Kier molecular flexibility index (Phi) is 8.57. The van der Waals surface area contributed by atoms with Crippen LogP contribution >= 0.6 is 0 Å². The van der Waals surface area contributed by atoms with Crippen LogP contribution in [0.3, 0.4) is 0 Å². The van der Waals surface area contributed by atoms with E-state index < -0.39 is 0 Å². The second-order valence-electron chi connectivity index (χ2n) is 16.4. The van der Waals surface area contributed by atoms with Crippen LogP contribution in [-0.4, -0.2) is 0 Å². The maximum atomic E-state index is 2.48. The Bertz CT molecular complexity index is 3230. The summed E-state index contributed by atoms with van der Waals surface area (Å²) in [5.41, 5.74) is 18.4. The average molecular weight is 766 g/mol. The van der Waals surface area contributed by atoms with Gasteiger partial charge >= 0.3 is 0 Å². The molecule has 1 aliphatic rings. The minimum absolute atomic E-state index is 0.0581. The Morgan fingerprint density at radius 1 is 0.300 bits per heavy atom. The van der Waals surface area contributed by atoms with Gasteiger partial charge in [-0.15, -0.1) is 0 Å². The molecule has 0 saturated carbocycles. The molecule has 0 N–H and O–H groups in total. The van der Waals surface area contributed by atoms with Crippen molar-refractivity contribution in [2.75, 3.05) is 4.90 Å². The molecular formula is C59H43N. The summed E-state index contributed by atoms with van der Waals surface area (Å²) >= 11 is 0. The first-order chi connectivity index (χ1) is 29.5. The largest absolute Gasteiger partial charge is 0.309 e. The molecule has 1 heteroatoms. The lowest BCUT2D eigenvalue weighted by molar-refractivity contribution is 0.660. The fourth-order valence-corrected chi connectivity index (χ4v) is 9.75. The monoisotopic (exact) mass is 765 g/mol. The van der Waals surface area contributed by atoms with E-state index in [-0.39, 0.29) is 5.41 Å². The third-order valence-corrected chi connectivity index (χ3v) is 12.7. The van der Waals surface area contributed by atoms with Gasteiger partial charge in [0.05, 0.1) is 11.4 Å². The van der Waals surface area contributed by atoms with Gasteiger partial charge in [-0.3, -0.25) is 0 Å². The highest BCUT2D eigenvalue weighted by molar-refractivity contribution is 6.15. The molecule has 0 unspecified atom stereocenters. The number of fused-ring (bicyclic) bond motifs is 6. The Morgan fingerprint density at radius 2 is 0.817 bits per heavy atom. The Labute approximate surface area is 352 Å². The number of anilines is 3. The van der Waals surface area contributed by atoms with Gasteiger partial charge in [0, 0.05) is 22.1 Å². The molecule has 11 rings (SSSR count). The van der Waals surface area contributed by atoms with Gasteiger partial charge in [-0.2, -0.15) is 0 Å². The SMILES string of the molecule is CC1(C)c2ccccc2-c2ccc(-c3ccc(N(c4ccccc4-c4ccccc4-c4ccccc4-c4ccccc4)c4cc5ccccc5c5ccccc45)cc3)cc21. The van der Waals surface area contributed by atoms with Crippen LogP contribution in [0.4, 0.5) is 17.1 Å². The summed E-state index contributed by atoms with van der Waals surface area (Å²) in [7, 11) is 0. The molecule has 0 atom stereocenters. The predicted molar refractivity (Wildman–Crippen MR) is 255 cm³/mol. The summed E-state index contributed by atoms with van der Waals surface area (Å²) < 4.78 is 0. The predicted octanol–water partition coefficient (Wildman–Crippen LogP) is 16.4. The number of benzene rings is 10. The lowest BCUT2D eigenvalue weighted by atomic mass is 9.81. The van der Waals surface area contributed by atoms with Gasteiger partial charge in [0.25, 0.3) is 0 Å². The van der Waals surface area contributed by atoms with Gasteiger partial charge in [0.2, 0.25) is 0 Å². The quantitative estimate of drug-likeness (QED) is 0.146. The maximum Gasteiger partial charge on any atom is 0.0546 e. The van der Waals surface area contributed by atoms with Crippen LogP contribution in [-0.2, 0) is 5.41 Å². The topological polar surface area (TPSA) is 3.24 Å². The van der Waals surface area contributed by atoms with Crippen molar-refractivity contribution in [1.82, 2.24) is 0 Å². The fraction of sp³-hybridized carbons (Fsp3) is 0.0508. The zero-order valence-corrected chi connectivity index (χ0v) is 33.8. The van der Waals surface area contributed by atoms with Crippen molar-refractivity contribution < 1.29 is 0 Å². The van der Waals surface area contributed by atoms with Crippen molar-refractivity contribution in [3.8, 4) is 55.6 Å². The molecule has 60 heavy (non-hydrogen) atoms. The van der Waals surface area contributed by atoms with Crippen molar-refractivity contribution in [3.63, 3.8) is 0 Å². The van der Waals surface area contributed by atoms with Gasteiger partial charge in [-0.25, -0.2) is 0 Å². The molecule has 1 aliphatic carbocycles. The van der Waals surface area contributed by atoms with E-state index in [2.05, 4.69) is 243 Å². The van der Waals surface area contributed by atoms with Gasteiger partial charge in [0.1, 0.15) is 0 Å². The molecule has 0 bridgehead atoms. The van der Waals surface area contributed by atoms with E-state index >= 15 is 0 Å². The molecule has 0 spiro atoms. The minimum Gasteiger partial charge on any atom is -0.309 e. The first-order valence-corrected chi connectivity index (χ1v) is 20.9. The van der Waals surface area contributed by atoms with Gasteiger partial charge in [-0.05, 0) is 108 Å². The fourth-order valence-electron chi connectivity index (χ4n) is 9.75. The number of para-hydroxylation sites is 1. The van der Waals surface area contributed by atoms with Crippen LogP contribution in [0.5, 0.6) is 0 Å². The van der Waals surface area contributed by atoms with Gasteiger partial charge < -0.3 is 4.90 Å². The second-order valence-corrected chi connectivity index (χ2v) is 16.4. The summed E-state index contributed by atoms with van der Waals surface area (Å²) in [5.74, 6) is 0. The van der Waals surface area contributed by atoms with E-state index in [1.165, 1.54) is 82.7 Å². The van der Waals surface area contributed by atoms with Crippen molar-refractivity contribution in [1.29, 1.82) is 0 Å². The molecule has 0 saturated heterocycles. The highest BCUT2D eigenvalue weighted by atomic mass is 15.1. The summed E-state index contributed by atoms with van der Waals surface area (Å²) in [4.78, 5) is 2.48. The van der Waals surface area contributed by atoms with Crippen LogP contribution in [0.15, 0.2) is 224 Å². The summed E-state index contributed by atoms with van der Waals surface area (Å²) in [6.45, 7) is 4.71. The normalized spacial score (nSPS) is 12.6. The molecule has 10 aromatic rings. The first-order valence-electron chi connectivity index (χ1n) is 20.9. The van der Waals surface area contributed by atoms with E-state index in [4.69, 9.17) is 0 Å². The molecule has 1 nitrogen and oxygen atoms in total. The first kappa shape index (κ1) is 35.7. The zero-order valence-electron chi connectivity index (χ0n) is 33.8. The van der Waals surface area contributed by atoms with Gasteiger partial charge in [-0.1, -0.05) is 208 Å². The van der Waals surface area contributed by atoms with Crippen LogP contribution in [0.2, 0.25) is 0 Å². The van der Waals surface area contributed by atoms with Crippen molar-refractivity contribution in [2.45, 2.75) is 19.3 Å². The summed E-state index contributed by atoms with van der Waals surface area (Å²) in [6, 6.07) is 82.4. The van der Waals surface area contributed by atoms with Crippen LogP contribution < -0.4 is 4.90 Å². The zero-order chi connectivity index (χ0) is 40.2. The molecule has 0 amide bonds. The molecule has 0 heterocycles. The minimum atomic E-state index is -0.0581. The van der Waals surface area contributed by atoms with Crippen molar-refractivity contribution in [2.24, 2.45) is 0 Å². The third-order valence-electron chi connectivity index (χ3n) is 12.7. The molecule has 0 fully saturated rings. The Balaban J connectivity index is 1.10. The van der Waals surface area contributed by atoms with Crippen LogP contribution in [0.25, 0.3) is 77.2 Å². The number of nitrogens with zero attached hydrogens (tertiary/aromatic N) is 1. The van der Waals surface area contributed by atoms with Crippen molar-refractivity contribution in [3.05, 3.63) is 236 Å². The van der Waals surface area contributed by atoms with E-state index in [0.29, 0.717) is 0 Å².